The third kappa shape index (κ3) is 4.31. The second-order valence-corrected chi connectivity index (χ2v) is 5.58. The molecule has 0 bridgehead atoms. The van der Waals surface area contributed by atoms with Crippen LogP contribution in [0.15, 0.2) is 35.1 Å². The summed E-state index contributed by atoms with van der Waals surface area (Å²) in [6, 6.07) is 5.86. The van der Waals surface area contributed by atoms with E-state index < -0.39 is 17.3 Å². The van der Waals surface area contributed by atoms with E-state index >= 15 is 0 Å². The largest absolute Gasteiger partial charge is 0.416 e. The van der Waals surface area contributed by atoms with Gasteiger partial charge in [-0.05, 0) is 23.6 Å². The lowest BCUT2D eigenvalue weighted by Gasteiger charge is -2.13. The molecule has 0 aliphatic heterocycles. The molecule has 0 spiro atoms. The van der Waals surface area contributed by atoms with E-state index in [0.717, 1.165) is 18.2 Å². The Labute approximate surface area is 136 Å². The molecule has 0 aliphatic rings. The summed E-state index contributed by atoms with van der Waals surface area (Å²) in [6.07, 6.45) is -3.83. The van der Waals surface area contributed by atoms with Gasteiger partial charge < -0.3 is 4.98 Å². The number of carbonyl (C=O) groups excluding carboxylic acids is 1. The molecule has 0 radical (unpaired) electrons. The lowest BCUT2D eigenvalue weighted by molar-refractivity contribution is -0.137. The van der Waals surface area contributed by atoms with Gasteiger partial charge in [0, 0.05) is 18.9 Å². The topological polar surface area (TPSA) is 62.8 Å². The zero-order chi connectivity index (χ0) is 17.9. The third-order valence-corrected chi connectivity index (χ3v) is 3.71. The van der Waals surface area contributed by atoms with Gasteiger partial charge in [-0.2, -0.15) is 13.2 Å². The molecule has 2 aromatic rings. The molecule has 7 heteroatoms. The summed E-state index contributed by atoms with van der Waals surface area (Å²) in [4.78, 5) is 30.4. The number of aryl methyl sites for hydroxylation is 1. The average Bonchev–Trinajstić information content (AvgIpc) is 2.53. The first-order valence-corrected chi connectivity index (χ1v) is 7.51. The van der Waals surface area contributed by atoms with Gasteiger partial charge in [-0.3, -0.25) is 9.59 Å². The number of ketones is 1. The Morgan fingerprint density at radius 1 is 1.25 bits per heavy atom. The number of H-pyrrole nitrogens is 1. The van der Waals surface area contributed by atoms with Gasteiger partial charge in [0.1, 0.15) is 11.5 Å². The lowest BCUT2D eigenvalue weighted by Crippen LogP contribution is -2.16. The van der Waals surface area contributed by atoms with E-state index in [-0.39, 0.29) is 23.8 Å². The fourth-order valence-corrected chi connectivity index (χ4v) is 2.32. The van der Waals surface area contributed by atoms with Crippen molar-refractivity contribution < 1.29 is 18.0 Å². The molecule has 24 heavy (non-hydrogen) atoms. The highest BCUT2D eigenvalue weighted by molar-refractivity contribution is 5.94. The van der Waals surface area contributed by atoms with Crippen LogP contribution >= 0.6 is 0 Å². The van der Waals surface area contributed by atoms with Crippen LogP contribution in [-0.2, 0) is 12.6 Å². The molecule has 0 unspecified atom stereocenters. The molecule has 128 valence electrons. The number of hydrogen-bond acceptors (Lipinski definition) is 3. The molecule has 0 aliphatic carbocycles. The monoisotopic (exact) mass is 338 g/mol. The lowest BCUT2D eigenvalue weighted by atomic mass is 9.94. The van der Waals surface area contributed by atoms with Crippen LogP contribution in [0.3, 0.4) is 0 Å². The molecule has 1 aromatic heterocycles. The molecular weight excluding hydrogens is 321 g/mol. The highest BCUT2D eigenvalue weighted by atomic mass is 19.4. The SMILES string of the molecule is CCc1nc(C(=O)C[C@@H](C)c2ccc(C(F)(F)F)cc2)cc(=O)[nH]1. The van der Waals surface area contributed by atoms with Crippen LogP contribution < -0.4 is 5.56 Å². The number of aromatic nitrogens is 2. The minimum atomic E-state index is -4.39. The highest BCUT2D eigenvalue weighted by Crippen LogP contribution is 2.30. The van der Waals surface area contributed by atoms with Gasteiger partial charge in [-0.25, -0.2) is 4.98 Å². The Kier molecular flexibility index (Phi) is 5.21. The van der Waals surface area contributed by atoms with Crippen molar-refractivity contribution in [2.75, 3.05) is 0 Å². The summed E-state index contributed by atoms with van der Waals surface area (Å²) in [5, 5.41) is 0. The van der Waals surface area contributed by atoms with Gasteiger partial charge in [0.25, 0.3) is 5.56 Å². The zero-order valence-corrected chi connectivity index (χ0v) is 13.3. The van der Waals surface area contributed by atoms with Crippen molar-refractivity contribution in [2.45, 2.75) is 38.8 Å². The fourth-order valence-electron chi connectivity index (χ4n) is 2.32. The Balaban J connectivity index is 2.14. The van der Waals surface area contributed by atoms with Crippen LogP contribution in [0, 0.1) is 0 Å². The van der Waals surface area contributed by atoms with Crippen molar-refractivity contribution >= 4 is 5.78 Å². The van der Waals surface area contributed by atoms with E-state index in [9.17, 15) is 22.8 Å². The van der Waals surface area contributed by atoms with E-state index in [1.54, 1.807) is 13.8 Å². The van der Waals surface area contributed by atoms with E-state index in [0.29, 0.717) is 17.8 Å². The summed E-state index contributed by atoms with van der Waals surface area (Å²) >= 11 is 0. The molecule has 0 saturated heterocycles. The summed E-state index contributed by atoms with van der Waals surface area (Å²) < 4.78 is 37.7. The quantitative estimate of drug-likeness (QED) is 0.845. The number of benzene rings is 1. The van der Waals surface area contributed by atoms with Crippen LogP contribution in [0.4, 0.5) is 13.2 Å². The predicted octanol–water partition coefficient (Wildman–Crippen LogP) is 3.73. The summed E-state index contributed by atoms with van der Waals surface area (Å²) in [5.41, 5.74) is -0.424. The number of carbonyl (C=O) groups is 1. The molecule has 1 N–H and O–H groups in total. The second-order valence-electron chi connectivity index (χ2n) is 5.58. The normalized spacial score (nSPS) is 12.9. The smallest absolute Gasteiger partial charge is 0.311 e. The molecule has 2 rings (SSSR count). The van der Waals surface area contributed by atoms with E-state index in [1.165, 1.54) is 12.1 Å². The van der Waals surface area contributed by atoms with Gasteiger partial charge in [0.2, 0.25) is 0 Å². The highest BCUT2D eigenvalue weighted by Gasteiger charge is 2.30. The third-order valence-electron chi connectivity index (χ3n) is 3.71. The average molecular weight is 338 g/mol. The van der Waals surface area contributed by atoms with E-state index in [4.69, 9.17) is 0 Å². The Hall–Kier alpha value is -2.44. The minimum absolute atomic E-state index is 0.0605. The molecular formula is C17H17F3N2O2. The fraction of sp³-hybridized carbons (Fsp3) is 0.353. The molecule has 1 atom stereocenters. The van der Waals surface area contributed by atoms with Gasteiger partial charge in [0.15, 0.2) is 5.78 Å². The maximum absolute atomic E-state index is 12.6. The number of aromatic amines is 1. The van der Waals surface area contributed by atoms with Crippen molar-refractivity contribution in [3.8, 4) is 0 Å². The molecule has 1 heterocycles. The molecule has 0 amide bonds. The van der Waals surface area contributed by atoms with Gasteiger partial charge in [-0.15, -0.1) is 0 Å². The van der Waals surface area contributed by atoms with Crippen LogP contribution in [0.1, 0.15) is 53.6 Å². The van der Waals surface area contributed by atoms with Gasteiger partial charge >= 0.3 is 6.18 Å². The van der Waals surface area contributed by atoms with Crippen molar-refractivity contribution in [1.82, 2.24) is 9.97 Å². The van der Waals surface area contributed by atoms with Crippen molar-refractivity contribution in [2.24, 2.45) is 0 Å². The van der Waals surface area contributed by atoms with Crippen molar-refractivity contribution in [1.29, 1.82) is 0 Å². The molecule has 1 aromatic carbocycles. The van der Waals surface area contributed by atoms with Crippen LogP contribution in [0.25, 0.3) is 0 Å². The number of hydrogen-bond donors (Lipinski definition) is 1. The van der Waals surface area contributed by atoms with E-state index in [2.05, 4.69) is 9.97 Å². The maximum atomic E-state index is 12.6. The van der Waals surface area contributed by atoms with Crippen LogP contribution in [0.2, 0.25) is 0 Å². The standard InChI is InChI=1S/C17H17F3N2O2/c1-3-15-21-13(9-16(24)22-15)14(23)8-10(2)11-4-6-12(7-5-11)17(18,19)20/h4-7,9-10H,3,8H2,1-2H3,(H,21,22,24)/t10-/m1/s1. The van der Waals surface area contributed by atoms with Crippen molar-refractivity contribution in [3.05, 3.63) is 63.3 Å². The summed E-state index contributed by atoms with van der Waals surface area (Å²) in [5.74, 6) is -0.179. The maximum Gasteiger partial charge on any atom is 0.416 e. The number of Topliss-reactive ketones (excluding diaryl/α,β-unsaturated/α-hetero) is 1. The predicted molar refractivity (Wildman–Crippen MR) is 83.0 cm³/mol. The minimum Gasteiger partial charge on any atom is -0.311 e. The number of nitrogens with zero attached hydrogens (tertiary/aromatic N) is 1. The van der Waals surface area contributed by atoms with Crippen LogP contribution in [-0.4, -0.2) is 15.8 Å². The second kappa shape index (κ2) is 6.98. The van der Waals surface area contributed by atoms with Crippen molar-refractivity contribution in [3.63, 3.8) is 0 Å². The number of rotatable bonds is 5. The first-order chi connectivity index (χ1) is 11.2. The zero-order valence-electron chi connectivity index (χ0n) is 13.3. The Morgan fingerprint density at radius 3 is 2.42 bits per heavy atom. The summed E-state index contributed by atoms with van der Waals surface area (Å²) in [6.45, 7) is 3.55. The first-order valence-electron chi connectivity index (χ1n) is 7.51. The van der Waals surface area contributed by atoms with Crippen LogP contribution in [0.5, 0.6) is 0 Å². The number of alkyl halides is 3. The van der Waals surface area contributed by atoms with Gasteiger partial charge in [0.05, 0.1) is 5.56 Å². The first kappa shape index (κ1) is 17.9. The number of halogens is 3. The van der Waals surface area contributed by atoms with Gasteiger partial charge in [-0.1, -0.05) is 26.0 Å². The van der Waals surface area contributed by atoms with E-state index in [1.807, 2.05) is 0 Å². The number of nitrogens with one attached hydrogen (secondary N) is 1. The molecule has 0 saturated carbocycles. The Morgan fingerprint density at radius 2 is 1.88 bits per heavy atom. The Bertz CT molecular complexity index is 780. The molecule has 0 fully saturated rings. The summed E-state index contributed by atoms with van der Waals surface area (Å²) in [7, 11) is 0. The molecule has 4 nitrogen and oxygen atoms in total.